The normalized spacial score (nSPS) is 11.7. The quantitative estimate of drug-likeness (QED) is 0.446. The maximum atomic E-state index is 12.9. The van der Waals surface area contributed by atoms with Crippen LogP contribution in [0.15, 0.2) is 24.3 Å². The molecule has 0 aromatic heterocycles. The van der Waals surface area contributed by atoms with Gasteiger partial charge in [-0.15, -0.1) is 11.8 Å². The summed E-state index contributed by atoms with van der Waals surface area (Å²) in [5.41, 5.74) is 3.61. The van der Waals surface area contributed by atoms with E-state index in [1.807, 2.05) is 6.07 Å². The summed E-state index contributed by atoms with van der Waals surface area (Å²) < 4.78 is 12.9. The molecule has 0 spiro atoms. The summed E-state index contributed by atoms with van der Waals surface area (Å²) in [6.45, 7) is 1.79. The van der Waals surface area contributed by atoms with E-state index in [0.29, 0.717) is 12.8 Å². The van der Waals surface area contributed by atoms with Gasteiger partial charge in [0.1, 0.15) is 5.82 Å². The number of hydrazine groups is 1. The maximum absolute atomic E-state index is 12.9. The average Bonchev–Trinajstić information content (AvgIpc) is 2.24. The Morgan fingerprint density at radius 1 is 1.53 bits per heavy atom. The number of hydrogen-bond acceptors (Lipinski definition) is 2. The van der Waals surface area contributed by atoms with E-state index >= 15 is 0 Å². The molecule has 0 saturated heterocycles. The second kappa shape index (κ2) is 6.18. The molecule has 0 aliphatic rings. The average molecular weight is 206 g/mol. The van der Waals surface area contributed by atoms with E-state index in [2.05, 4.69) is 17.3 Å². The van der Waals surface area contributed by atoms with Gasteiger partial charge in [0.25, 0.3) is 0 Å². The van der Waals surface area contributed by atoms with Crippen LogP contribution in [0.5, 0.6) is 0 Å². The molecule has 80 valence electrons. The van der Waals surface area contributed by atoms with Crippen LogP contribution in [-0.4, -0.2) is 6.04 Å². The first-order valence-electron chi connectivity index (χ1n) is 4.86. The summed E-state index contributed by atoms with van der Waals surface area (Å²) in [5.74, 6) is 10.9. The molecule has 1 unspecified atom stereocenters. The standard InChI is InChI=1S/C12H15FN2/c1-2-3-7-12(15-14)9-10-5-4-6-11(13)8-10/h4-6,8,12,15H,7,9,14H2,1H3. The van der Waals surface area contributed by atoms with Crippen LogP contribution in [0, 0.1) is 17.7 Å². The third-order valence-electron chi connectivity index (χ3n) is 2.13. The van der Waals surface area contributed by atoms with Crippen molar-refractivity contribution in [1.82, 2.24) is 5.43 Å². The van der Waals surface area contributed by atoms with E-state index in [4.69, 9.17) is 5.84 Å². The van der Waals surface area contributed by atoms with Crippen LogP contribution in [0.1, 0.15) is 18.9 Å². The lowest BCUT2D eigenvalue weighted by Crippen LogP contribution is -2.36. The first-order valence-corrected chi connectivity index (χ1v) is 4.86. The highest BCUT2D eigenvalue weighted by atomic mass is 19.1. The molecule has 0 radical (unpaired) electrons. The Labute approximate surface area is 89.6 Å². The molecule has 3 heteroatoms. The molecule has 0 saturated carbocycles. The van der Waals surface area contributed by atoms with Gasteiger partial charge in [-0.05, 0) is 31.0 Å². The topological polar surface area (TPSA) is 38.0 Å². The molecule has 2 nitrogen and oxygen atoms in total. The largest absolute Gasteiger partial charge is 0.271 e. The summed E-state index contributed by atoms with van der Waals surface area (Å²) in [5, 5.41) is 0. The van der Waals surface area contributed by atoms with Crippen LogP contribution >= 0.6 is 0 Å². The smallest absolute Gasteiger partial charge is 0.123 e. The Bertz CT molecular complexity index is 365. The summed E-state index contributed by atoms with van der Waals surface area (Å²) in [6.07, 6.45) is 1.35. The fraction of sp³-hybridized carbons (Fsp3) is 0.333. The molecule has 0 aliphatic carbocycles. The summed E-state index contributed by atoms with van der Waals surface area (Å²) in [6, 6.07) is 6.60. The van der Waals surface area contributed by atoms with Gasteiger partial charge in [0.2, 0.25) is 0 Å². The van der Waals surface area contributed by atoms with Crippen molar-refractivity contribution in [3.63, 3.8) is 0 Å². The lowest BCUT2D eigenvalue weighted by molar-refractivity contribution is 0.534. The highest BCUT2D eigenvalue weighted by molar-refractivity contribution is 5.18. The van der Waals surface area contributed by atoms with Gasteiger partial charge < -0.3 is 0 Å². The van der Waals surface area contributed by atoms with E-state index in [0.717, 1.165) is 5.56 Å². The van der Waals surface area contributed by atoms with Crippen LogP contribution in [0.25, 0.3) is 0 Å². The van der Waals surface area contributed by atoms with Crippen molar-refractivity contribution in [2.45, 2.75) is 25.8 Å². The van der Waals surface area contributed by atoms with Gasteiger partial charge in [-0.2, -0.15) is 0 Å². The second-order valence-corrected chi connectivity index (χ2v) is 3.33. The van der Waals surface area contributed by atoms with Gasteiger partial charge in [0, 0.05) is 12.5 Å². The van der Waals surface area contributed by atoms with E-state index < -0.39 is 0 Å². The van der Waals surface area contributed by atoms with Crippen molar-refractivity contribution in [3.05, 3.63) is 35.6 Å². The number of nitrogens with one attached hydrogen (secondary N) is 1. The van der Waals surface area contributed by atoms with Crippen molar-refractivity contribution in [3.8, 4) is 11.8 Å². The van der Waals surface area contributed by atoms with E-state index in [1.165, 1.54) is 12.1 Å². The lowest BCUT2D eigenvalue weighted by atomic mass is 10.0. The molecule has 1 aromatic carbocycles. The number of halogens is 1. The van der Waals surface area contributed by atoms with Crippen molar-refractivity contribution in [2.24, 2.45) is 5.84 Å². The number of hydrogen-bond donors (Lipinski definition) is 2. The van der Waals surface area contributed by atoms with Crippen LogP contribution in [-0.2, 0) is 6.42 Å². The molecule has 0 fully saturated rings. The van der Waals surface area contributed by atoms with Gasteiger partial charge in [0.15, 0.2) is 0 Å². The Hall–Kier alpha value is -1.37. The summed E-state index contributed by atoms with van der Waals surface area (Å²) in [7, 11) is 0. The number of rotatable bonds is 4. The molecular formula is C12H15FN2. The van der Waals surface area contributed by atoms with Gasteiger partial charge >= 0.3 is 0 Å². The van der Waals surface area contributed by atoms with E-state index in [-0.39, 0.29) is 11.9 Å². The van der Waals surface area contributed by atoms with Crippen molar-refractivity contribution < 1.29 is 4.39 Å². The van der Waals surface area contributed by atoms with Crippen LogP contribution in [0.4, 0.5) is 4.39 Å². The minimum Gasteiger partial charge on any atom is -0.271 e. The highest BCUT2D eigenvalue weighted by Crippen LogP contribution is 2.07. The highest BCUT2D eigenvalue weighted by Gasteiger charge is 2.06. The van der Waals surface area contributed by atoms with Crippen LogP contribution in [0.2, 0.25) is 0 Å². The van der Waals surface area contributed by atoms with Crippen LogP contribution < -0.4 is 11.3 Å². The summed E-state index contributed by atoms with van der Waals surface area (Å²) >= 11 is 0. The number of nitrogens with two attached hydrogens (primary N) is 1. The maximum Gasteiger partial charge on any atom is 0.123 e. The third kappa shape index (κ3) is 4.11. The molecule has 0 bridgehead atoms. The van der Waals surface area contributed by atoms with Gasteiger partial charge in [-0.1, -0.05) is 12.1 Å². The van der Waals surface area contributed by atoms with Gasteiger partial charge in [-0.25, -0.2) is 4.39 Å². The van der Waals surface area contributed by atoms with Crippen LogP contribution in [0.3, 0.4) is 0 Å². The zero-order valence-electron chi connectivity index (χ0n) is 8.76. The van der Waals surface area contributed by atoms with Gasteiger partial charge in [0.05, 0.1) is 0 Å². The molecule has 0 amide bonds. The minimum absolute atomic E-state index is 0.0687. The van der Waals surface area contributed by atoms with Crippen molar-refractivity contribution in [2.75, 3.05) is 0 Å². The van der Waals surface area contributed by atoms with E-state index in [9.17, 15) is 4.39 Å². The molecule has 0 aliphatic heterocycles. The third-order valence-corrected chi connectivity index (χ3v) is 2.13. The first-order chi connectivity index (χ1) is 7.26. The minimum atomic E-state index is -0.218. The van der Waals surface area contributed by atoms with Crippen molar-refractivity contribution in [1.29, 1.82) is 0 Å². The molecule has 15 heavy (non-hydrogen) atoms. The molecule has 1 aromatic rings. The second-order valence-electron chi connectivity index (χ2n) is 3.33. The predicted molar refractivity (Wildman–Crippen MR) is 59.3 cm³/mol. The Morgan fingerprint density at radius 2 is 2.33 bits per heavy atom. The molecule has 1 atom stereocenters. The fourth-order valence-electron chi connectivity index (χ4n) is 1.36. The Kier molecular flexibility index (Phi) is 4.82. The molecule has 1 rings (SSSR count). The fourth-order valence-corrected chi connectivity index (χ4v) is 1.36. The summed E-state index contributed by atoms with van der Waals surface area (Å²) in [4.78, 5) is 0. The molecule has 0 heterocycles. The zero-order chi connectivity index (χ0) is 11.1. The Morgan fingerprint density at radius 3 is 2.93 bits per heavy atom. The first kappa shape index (κ1) is 11.7. The molecular weight excluding hydrogens is 191 g/mol. The van der Waals surface area contributed by atoms with Crippen molar-refractivity contribution >= 4 is 0 Å². The van der Waals surface area contributed by atoms with E-state index in [1.54, 1.807) is 13.0 Å². The molecule has 3 N–H and O–H groups in total. The SMILES string of the molecule is CC#CCC(Cc1cccc(F)c1)NN. The predicted octanol–water partition coefficient (Wildman–Crippen LogP) is 1.61. The monoisotopic (exact) mass is 206 g/mol. The van der Waals surface area contributed by atoms with Gasteiger partial charge in [-0.3, -0.25) is 11.3 Å². The zero-order valence-corrected chi connectivity index (χ0v) is 8.76. The number of benzene rings is 1. The Balaban J connectivity index is 2.60. The lowest BCUT2D eigenvalue weighted by Gasteiger charge is -2.12.